The van der Waals surface area contributed by atoms with Gasteiger partial charge in [0.05, 0.1) is 19.2 Å². The quantitative estimate of drug-likeness (QED) is 0.0147. The van der Waals surface area contributed by atoms with Gasteiger partial charge in [-0.3, -0.25) is 48.1 Å². The highest BCUT2D eigenvalue weighted by molar-refractivity contribution is 5.98. The number of aliphatic imine (C=N–C) groups is 1. The molecule has 1 aliphatic rings. The minimum atomic E-state index is -1.68. The van der Waals surface area contributed by atoms with Gasteiger partial charge in [-0.05, 0) is 86.5 Å². The summed E-state index contributed by atoms with van der Waals surface area (Å²) in [5.41, 5.74) is 25.9. The average molecular weight is 1140 g/mol. The second-order valence-electron chi connectivity index (χ2n) is 21.3. The summed E-state index contributed by atoms with van der Waals surface area (Å²) in [5, 5.41) is 39.3. The number of likely N-dealkylation sites (tertiary alicyclic amines) is 1. The van der Waals surface area contributed by atoms with Gasteiger partial charge in [0.2, 0.25) is 53.2 Å². The monoisotopic (exact) mass is 1140 g/mol. The van der Waals surface area contributed by atoms with Crippen LogP contribution in [0.2, 0.25) is 0 Å². The molecule has 0 spiro atoms. The molecule has 19 N–H and O–H groups in total. The van der Waals surface area contributed by atoms with E-state index in [-0.39, 0.29) is 82.3 Å². The number of hydrogen-bond donors (Lipinski definition) is 15. The largest absolute Gasteiger partial charge is 0.480 e. The third-order valence-corrected chi connectivity index (χ3v) is 13.8. The summed E-state index contributed by atoms with van der Waals surface area (Å²) in [6.07, 6.45) is 3.83. The van der Waals surface area contributed by atoms with Crippen LogP contribution in [0.1, 0.15) is 90.2 Å². The van der Waals surface area contributed by atoms with Crippen molar-refractivity contribution in [2.24, 2.45) is 39.8 Å². The Bertz CT molecular complexity index is 2940. The molecular weight excluding hydrogens is 1060 g/mol. The topological polar surface area (TPSA) is 447 Å². The summed E-state index contributed by atoms with van der Waals surface area (Å²) in [5.74, 6) is -9.22. The average Bonchev–Trinajstić information content (AvgIpc) is 4.25. The number of carbonyl (C=O) groups excluding carboxylic acids is 9. The van der Waals surface area contributed by atoms with E-state index in [9.17, 15) is 58.2 Å². The van der Waals surface area contributed by atoms with E-state index >= 15 is 0 Å². The number of carbonyl (C=O) groups is 10. The summed E-state index contributed by atoms with van der Waals surface area (Å²) in [4.78, 5) is 146. The summed E-state index contributed by atoms with van der Waals surface area (Å²) in [7, 11) is 0. The number of primary amides is 1. The lowest BCUT2D eigenvalue weighted by atomic mass is 10.0. The van der Waals surface area contributed by atoms with E-state index in [1.165, 1.54) is 4.90 Å². The van der Waals surface area contributed by atoms with Crippen molar-refractivity contribution in [3.8, 4) is 0 Å². The number of nitrogens with two attached hydrogens (primary N) is 4. The number of fused-ring (bicyclic) bond motifs is 2. The number of aliphatic carboxylic acids is 1. The van der Waals surface area contributed by atoms with Crippen LogP contribution in [0, 0.1) is 11.8 Å². The molecule has 27 heteroatoms. The van der Waals surface area contributed by atoms with Gasteiger partial charge in [0, 0.05) is 60.1 Å². The highest BCUT2D eigenvalue weighted by atomic mass is 16.4. The van der Waals surface area contributed by atoms with Gasteiger partial charge < -0.3 is 85.2 Å². The number of amides is 9. The van der Waals surface area contributed by atoms with Gasteiger partial charge in [0.15, 0.2) is 5.96 Å². The molecule has 446 valence electrons. The molecule has 2 aromatic heterocycles. The highest BCUT2D eigenvalue weighted by Gasteiger charge is 2.39. The van der Waals surface area contributed by atoms with Crippen molar-refractivity contribution in [2.45, 2.75) is 140 Å². The molecule has 8 atom stereocenters. The summed E-state index contributed by atoms with van der Waals surface area (Å²) in [6, 6.07) is 4.38. The zero-order valence-corrected chi connectivity index (χ0v) is 46.6. The second-order valence-corrected chi connectivity index (χ2v) is 21.3. The number of aromatic nitrogens is 2. The minimum Gasteiger partial charge on any atom is -0.480 e. The number of rotatable bonds is 32. The van der Waals surface area contributed by atoms with E-state index in [0.717, 1.165) is 27.4 Å². The van der Waals surface area contributed by atoms with Crippen LogP contribution in [-0.2, 0) is 60.8 Å². The third kappa shape index (κ3) is 19.0. The third-order valence-electron chi connectivity index (χ3n) is 13.8. The molecule has 5 rings (SSSR count). The van der Waals surface area contributed by atoms with Gasteiger partial charge in [-0.15, -0.1) is 0 Å². The van der Waals surface area contributed by atoms with Crippen LogP contribution < -0.4 is 60.2 Å². The van der Waals surface area contributed by atoms with Crippen LogP contribution >= 0.6 is 0 Å². The Labute approximate surface area is 474 Å². The number of aliphatic hydroxyl groups is 1. The lowest BCUT2D eigenvalue weighted by Crippen LogP contribution is -2.59. The number of para-hydroxylation sites is 2. The van der Waals surface area contributed by atoms with Crippen LogP contribution in [0.25, 0.3) is 21.8 Å². The first kappa shape index (κ1) is 64.2. The van der Waals surface area contributed by atoms with Gasteiger partial charge in [0.1, 0.15) is 42.3 Å². The summed E-state index contributed by atoms with van der Waals surface area (Å²) >= 11 is 0. The number of H-pyrrole nitrogens is 2. The number of aromatic amines is 2. The number of nitrogens with zero attached hydrogens (tertiary/aromatic N) is 2. The van der Waals surface area contributed by atoms with E-state index in [0.29, 0.717) is 12.0 Å². The number of benzene rings is 2. The van der Waals surface area contributed by atoms with Gasteiger partial charge in [-0.2, -0.15) is 0 Å². The zero-order valence-electron chi connectivity index (χ0n) is 46.6. The fourth-order valence-corrected chi connectivity index (χ4v) is 9.68. The van der Waals surface area contributed by atoms with Crippen molar-refractivity contribution in [1.29, 1.82) is 0 Å². The molecule has 0 saturated carbocycles. The Balaban J connectivity index is 1.26. The van der Waals surface area contributed by atoms with Crippen LogP contribution in [-0.4, -0.2) is 165 Å². The van der Waals surface area contributed by atoms with E-state index in [2.05, 4.69) is 52.2 Å². The zero-order chi connectivity index (χ0) is 60.2. The maximum absolute atomic E-state index is 14.4. The number of nitrogens with one attached hydrogen (secondary N) is 9. The molecule has 0 aliphatic carbocycles. The Morgan fingerprint density at radius 2 is 1.18 bits per heavy atom. The van der Waals surface area contributed by atoms with Crippen molar-refractivity contribution in [1.82, 2.24) is 52.1 Å². The molecule has 4 aromatic rings. The fourth-order valence-electron chi connectivity index (χ4n) is 9.68. The predicted octanol–water partition coefficient (Wildman–Crippen LogP) is -1.73. The lowest BCUT2D eigenvalue weighted by Gasteiger charge is -2.29. The van der Waals surface area contributed by atoms with Crippen molar-refractivity contribution in [3.63, 3.8) is 0 Å². The smallest absolute Gasteiger partial charge is 0.326 e. The summed E-state index contributed by atoms with van der Waals surface area (Å²) < 4.78 is 0. The molecule has 0 radical (unpaired) electrons. The molecule has 9 amide bonds. The van der Waals surface area contributed by atoms with Crippen molar-refractivity contribution < 1.29 is 58.2 Å². The molecule has 1 fully saturated rings. The molecule has 82 heavy (non-hydrogen) atoms. The molecule has 3 heterocycles. The van der Waals surface area contributed by atoms with E-state index < -0.39 is 127 Å². The molecule has 0 unspecified atom stereocenters. The van der Waals surface area contributed by atoms with Gasteiger partial charge in [-0.1, -0.05) is 64.1 Å². The first-order valence-corrected chi connectivity index (χ1v) is 27.4. The Morgan fingerprint density at radius 3 is 1.76 bits per heavy atom. The first-order chi connectivity index (χ1) is 38.9. The lowest BCUT2D eigenvalue weighted by molar-refractivity contribution is -0.143. The number of aliphatic hydroxyl groups excluding tert-OH is 1. The normalized spacial score (nSPS) is 15.8. The van der Waals surface area contributed by atoms with Gasteiger partial charge in [-0.25, -0.2) is 4.79 Å². The van der Waals surface area contributed by atoms with Crippen molar-refractivity contribution in [2.75, 3.05) is 26.2 Å². The second kappa shape index (κ2) is 30.8. The van der Waals surface area contributed by atoms with E-state index in [1.54, 1.807) is 46.2 Å². The number of carboxylic acids is 1. The van der Waals surface area contributed by atoms with E-state index in [1.807, 2.05) is 42.5 Å². The predicted molar refractivity (Wildman–Crippen MR) is 303 cm³/mol. The van der Waals surface area contributed by atoms with Crippen LogP contribution in [0.4, 0.5) is 0 Å². The molecule has 0 bridgehead atoms. The molecule has 1 saturated heterocycles. The molecule has 1 aliphatic heterocycles. The first-order valence-electron chi connectivity index (χ1n) is 27.4. The fraction of sp³-hybridized carbons (Fsp3) is 0.509. The van der Waals surface area contributed by atoms with Crippen molar-refractivity contribution in [3.05, 3.63) is 72.1 Å². The SMILES string of the molecule is CC(C)C[C@H](NC(=O)[C@H](CCCN=C(N)N)NC(=O)[C@H](CC(C)C)NC(=O)[C@H](CO)NC(=O)CNC(=O)[C@H](CCC(N)=O)NC(=O)[C@H](Cc1c[nH]c2ccccc12)NC(=O)[C@@H]1CCCN1C(=O)[C@@H](N)Cc1c[nH]c2ccccc12)C(=O)O. The van der Waals surface area contributed by atoms with Crippen LogP contribution in [0.5, 0.6) is 0 Å². The Morgan fingerprint density at radius 1 is 0.659 bits per heavy atom. The minimum absolute atomic E-state index is 0.0123. The highest BCUT2D eigenvalue weighted by Crippen LogP contribution is 2.24. The maximum atomic E-state index is 14.4. The summed E-state index contributed by atoms with van der Waals surface area (Å²) in [6.45, 7) is 5.57. The Hall–Kier alpha value is -8.59. The van der Waals surface area contributed by atoms with Crippen LogP contribution in [0.15, 0.2) is 65.9 Å². The van der Waals surface area contributed by atoms with Gasteiger partial charge >= 0.3 is 5.97 Å². The Kier molecular flexibility index (Phi) is 24.2. The number of guanidine groups is 1. The van der Waals surface area contributed by atoms with E-state index in [4.69, 9.17) is 22.9 Å². The maximum Gasteiger partial charge on any atom is 0.326 e. The molecular formula is C55H79N15O12. The molecule has 2 aromatic carbocycles. The van der Waals surface area contributed by atoms with Gasteiger partial charge in [0.25, 0.3) is 0 Å². The molecule has 27 nitrogen and oxygen atoms in total. The van der Waals surface area contributed by atoms with Crippen LogP contribution in [0.3, 0.4) is 0 Å². The van der Waals surface area contributed by atoms with Crippen molar-refractivity contribution >= 4 is 86.9 Å². The standard InChI is InChI=1S/C55H79N15O12/c1-29(2)21-40(49(76)65-38(15-9-19-60-55(58)59)48(75)69-42(54(81)82)22-30(3)4)67-51(78)43(28-71)64-46(73)27-63-47(74)39(17-18-45(57)72)66-50(77)41(24-32-26-62-37-14-8-6-12-34(32)37)68-52(79)44-16-10-20-70(44)53(80)35(56)23-31-25-61-36-13-7-5-11-33(31)36/h5-8,11-14,25-26,29-30,35,38-44,61-62,71H,9-10,15-24,27-28,56H2,1-4H3,(H2,57,72)(H,63,74)(H,64,73)(H,65,76)(H,66,77)(H,67,78)(H,68,79)(H,69,75)(H,81,82)(H4,58,59,60)/t35-,38-,39-,40-,41-,42-,43-,44-/m0/s1. The number of carboxylic acid groups (broad SMARTS) is 1. The number of hydrogen-bond acceptors (Lipinski definition) is 13.